The lowest BCUT2D eigenvalue weighted by atomic mass is 9.79. The van der Waals surface area contributed by atoms with Gasteiger partial charge in [-0.2, -0.15) is 0 Å². The van der Waals surface area contributed by atoms with E-state index in [0.29, 0.717) is 13.1 Å². The van der Waals surface area contributed by atoms with Crippen LogP contribution in [0.2, 0.25) is 0 Å². The largest absolute Gasteiger partial charge is 0.379 e. The number of halogens is 1. The summed E-state index contributed by atoms with van der Waals surface area (Å²) in [4.78, 5) is 9.20. The zero-order valence-corrected chi connectivity index (χ0v) is 20.7. The second kappa shape index (κ2) is 9.78. The normalized spacial score (nSPS) is 27.7. The Hall–Kier alpha value is -0.130. The van der Waals surface area contributed by atoms with Crippen LogP contribution in [-0.4, -0.2) is 93.2 Å². The van der Waals surface area contributed by atoms with Crippen LogP contribution in [0.1, 0.15) is 46.0 Å². The van der Waals surface area contributed by atoms with Gasteiger partial charge in [-0.3, -0.25) is 9.89 Å². The van der Waals surface area contributed by atoms with Crippen LogP contribution >= 0.6 is 24.0 Å². The van der Waals surface area contributed by atoms with E-state index in [0.717, 1.165) is 38.8 Å². The molecule has 0 amide bonds. The van der Waals surface area contributed by atoms with Gasteiger partial charge in [0.05, 0.1) is 23.7 Å². The Balaban J connectivity index is 0.00000280. The molecular weight excluding hydrogens is 491 g/mol. The Kier molecular flexibility index (Phi) is 8.44. The third-order valence-electron chi connectivity index (χ3n) is 6.60. The maximum Gasteiger partial charge on any atom is 0.193 e. The molecule has 28 heavy (non-hydrogen) atoms. The van der Waals surface area contributed by atoms with Crippen molar-refractivity contribution in [2.75, 3.05) is 58.7 Å². The molecule has 2 aliphatic heterocycles. The molecule has 0 atom stereocenters. The number of sulfone groups is 1. The number of nitrogens with one attached hydrogen (secondary N) is 1. The van der Waals surface area contributed by atoms with Crippen LogP contribution in [0.3, 0.4) is 0 Å². The summed E-state index contributed by atoms with van der Waals surface area (Å²) < 4.78 is 29.5. The molecule has 164 valence electrons. The van der Waals surface area contributed by atoms with Crippen molar-refractivity contribution in [3.63, 3.8) is 0 Å². The Morgan fingerprint density at radius 3 is 2.32 bits per heavy atom. The highest BCUT2D eigenvalue weighted by Gasteiger charge is 2.42. The summed E-state index contributed by atoms with van der Waals surface area (Å²) in [5, 5.41) is 3.61. The Morgan fingerprint density at radius 1 is 1.11 bits per heavy atom. The first-order valence-electron chi connectivity index (χ1n) is 10.3. The fourth-order valence-electron chi connectivity index (χ4n) is 4.75. The van der Waals surface area contributed by atoms with Gasteiger partial charge in [0.15, 0.2) is 15.8 Å². The third kappa shape index (κ3) is 5.13. The molecular formula is C19H37IN4O3S. The summed E-state index contributed by atoms with van der Waals surface area (Å²) in [5.74, 6) is 1.02. The predicted molar refractivity (Wildman–Crippen MR) is 124 cm³/mol. The van der Waals surface area contributed by atoms with Gasteiger partial charge in [-0.15, -0.1) is 24.0 Å². The number of aliphatic imine (C=N–C) groups is 1. The average Bonchev–Trinajstić information content (AvgIpc) is 2.66. The van der Waals surface area contributed by atoms with Crippen molar-refractivity contribution in [1.82, 2.24) is 15.1 Å². The van der Waals surface area contributed by atoms with Crippen molar-refractivity contribution in [3.8, 4) is 0 Å². The van der Waals surface area contributed by atoms with Crippen molar-refractivity contribution in [3.05, 3.63) is 0 Å². The number of morpholine rings is 1. The lowest BCUT2D eigenvalue weighted by molar-refractivity contribution is -0.0354. The molecule has 0 aromatic heterocycles. The fraction of sp³-hybridized carbons (Fsp3) is 0.947. The third-order valence-corrected chi connectivity index (χ3v) is 9.13. The first-order chi connectivity index (χ1) is 12.8. The van der Waals surface area contributed by atoms with Crippen LogP contribution in [0, 0.1) is 0 Å². The van der Waals surface area contributed by atoms with E-state index in [9.17, 15) is 8.42 Å². The van der Waals surface area contributed by atoms with Crippen molar-refractivity contribution in [1.29, 1.82) is 0 Å². The van der Waals surface area contributed by atoms with Crippen molar-refractivity contribution < 1.29 is 13.2 Å². The first-order valence-corrected chi connectivity index (χ1v) is 12.0. The minimum Gasteiger partial charge on any atom is -0.379 e. The van der Waals surface area contributed by atoms with Crippen molar-refractivity contribution in [2.45, 2.75) is 56.2 Å². The maximum absolute atomic E-state index is 12.3. The van der Waals surface area contributed by atoms with Crippen LogP contribution in [-0.2, 0) is 14.6 Å². The SMILES string of the molecule is CN=C(NCC1(N2CCOCC2)CCCCC1)N1CCS(=O)(=O)C(C)(C)C1.I. The molecule has 0 bridgehead atoms. The summed E-state index contributed by atoms with van der Waals surface area (Å²) in [7, 11) is -1.25. The first kappa shape index (κ1) is 24.1. The average molecular weight is 529 g/mol. The number of rotatable bonds is 3. The standard InChI is InChI=1S/C19H36N4O3S.HI/c1-18(2)16-22(11-14-27(18,24)25)17(20-3)21-15-19(7-5-4-6-8-19)23-9-12-26-13-10-23;/h4-16H2,1-3H3,(H,20,21);1H. The van der Waals surface area contributed by atoms with Crippen LogP contribution in [0.5, 0.6) is 0 Å². The highest BCUT2D eigenvalue weighted by Crippen LogP contribution is 2.34. The van der Waals surface area contributed by atoms with Crippen LogP contribution in [0.25, 0.3) is 0 Å². The smallest absolute Gasteiger partial charge is 0.193 e. The summed E-state index contributed by atoms with van der Waals surface area (Å²) in [5.41, 5.74) is 0.162. The number of guanidine groups is 1. The number of nitrogens with zero attached hydrogens (tertiary/aromatic N) is 3. The van der Waals surface area contributed by atoms with Crippen molar-refractivity contribution in [2.24, 2.45) is 4.99 Å². The highest BCUT2D eigenvalue weighted by molar-refractivity contribution is 14.0. The molecule has 2 saturated heterocycles. The van der Waals surface area contributed by atoms with E-state index in [2.05, 4.69) is 20.1 Å². The van der Waals surface area contributed by atoms with Gasteiger partial charge in [-0.05, 0) is 26.7 Å². The Labute approximate surface area is 187 Å². The topological polar surface area (TPSA) is 74.2 Å². The van der Waals surface area contributed by atoms with E-state index in [1.165, 1.54) is 32.1 Å². The van der Waals surface area contributed by atoms with E-state index in [-0.39, 0.29) is 35.3 Å². The summed E-state index contributed by atoms with van der Waals surface area (Å²) in [6.07, 6.45) is 6.27. The molecule has 1 aliphatic carbocycles. The molecule has 9 heteroatoms. The second-order valence-corrected chi connectivity index (χ2v) is 11.5. The van der Waals surface area contributed by atoms with Gasteiger partial charge in [-0.25, -0.2) is 8.42 Å². The van der Waals surface area contributed by atoms with E-state index in [4.69, 9.17) is 4.74 Å². The highest BCUT2D eigenvalue weighted by atomic mass is 127. The minimum atomic E-state index is -3.05. The number of hydrogen-bond acceptors (Lipinski definition) is 5. The van der Waals surface area contributed by atoms with Gasteiger partial charge in [0.2, 0.25) is 0 Å². The van der Waals surface area contributed by atoms with Gasteiger partial charge < -0.3 is 15.0 Å². The molecule has 3 rings (SSSR count). The lowest BCUT2D eigenvalue weighted by Crippen LogP contribution is -2.62. The van der Waals surface area contributed by atoms with Crippen LogP contribution < -0.4 is 5.32 Å². The van der Waals surface area contributed by atoms with Gasteiger partial charge in [0.1, 0.15) is 0 Å². The predicted octanol–water partition coefficient (Wildman–Crippen LogP) is 1.72. The molecule has 0 spiro atoms. The number of ether oxygens (including phenoxy) is 1. The van der Waals surface area contributed by atoms with E-state index in [1.807, 2.05) is 13.8 Å². The van der Waals surface area contributed by atoms with Crippen molar-refractivity contribution >= 4 is 39.8 Å². The van der Waals surface area contributed by atoms with Gasteiger partial charge in [-0.1, -0.05) is 19.3 Å². The maximum atomic E-state index is 12.3. The zero-order valence-electron chi connectivity index (χ0n) is 17.6. The summed E-state index contributed by atoms with van der Waals surface area (Å²) >= 11 is 0. The Bertz CT molecular complexity index is 642. The molecule has 0 radical (unpaired) electrons. The summed E-state index contributed by atoms with van der Waals surface area (Å²) in [6, 6.07) is 0. The molecule has 1 saturated carbocycles. The quantitative estimate of drug-likeness (QED) is 0.342. The monoisotopic (exact) mass is 528 g/mol. The zero-order chi connectivity index (χ0) is 19.5. The van der Waals surface area contributed by atoms with E-state index in [1.54, 1.807) is 7.05 Å². The molecule has 7 nitrogen and oxygen atoms in total. The van der Waals surface area contributed by atoms with Crippen LogP contribution in [0.4, 0.5) is 0 Å². The molecule has 0 aromatic carbocycles. The second-order valence-electron chi connectivity index (χ2n) is 8.79. The van der Waals surface area contributed by atoms with Gasteiger partial charge in [0.25, 0.3) is 0 Å². The Morgan fingerprint density at radius 2 is 1.75 bits per heavy atom. The van der Waals surface area contributed by atoms with Crippen LogP contribution in [0.15, 0.2) is 4.99 Å². The fourth-order valence-corrected chi connectivity index (χ4v) is 6.12. The molecule has 3 aliphatic rings. The molecule has 1 N–H and O–H groups in total. The van der Waals surface area contributed by atoms with E-state index >= 15 is 0 Å². The molecule has 3 fully saturated rings. The molecule has 2 heterocycles. The summed E-state index contributed by atoms with van der Waals surface area (Å²) in [6.45, 7) is 9.11. The molecule has 0 aromatic rings. The van der Waals surface area contributed by atoms with Gasteiger partial charge in [0, 0.05) is 45.3 Å². The molecule has 0 unspecified atom stereocenters. The minimum absolute atomic E-state index is 0. The van der Waals surface area contributed by atoms with E-state index < -0.39 is 14.6 Å². The lowest BCUT2D eigenvalue weighted by Gasteiger charge is -2.49. The number of hydrogen-bond donors (Lipinski definition) is 1. The van der Waals surface area contributed by atoms with Gasteiger partial charge >= 0.3 is 0 Å².